The van der Waals surface area contributed by atoms with Crippen LogP contribution in [-0.4, -0.2) is 0 Å². The summed E-state index contributed by atoms with van der Waals surface area (Å²) >= 11 is 3.38. The standard InChI is InChI=1S/C14H15BrFNO/c1-9(12-6-5-11(16)8-13(12)15)17-10(2)14-4-3-7-18-14/h3-10,17H,1-2H3. The van der Waals surface area contributed by atoms with E-state index in [4.69, 9.17) is 4.42 Å². The van der Waals surface area contributed by atoms with E-state index in [0.29, 0.717) is 0 Å². The Bertz CT molecular complexity index is 513. The van der Waals surface area contributed by atoms with E-state index in [9.17, 15) is 4.39 Å². The zero-order valence-corrected chi connectivity index (χ0v) is 11.9. The average Bonchev–Trinajstić information content (AvgIpc) is 2.81. The maximum atomic E-state index is 13.0. The van der Waals surface area contributed by atoms with Crippen LogP contribution in [-0.2, 0) is 0 Å². The third kappa shape index (κ3) is 3.00. The summed E-state index contributed by atoms with van der Waals surface area (Å²) in [5, 5.41) is 3.41. The maximum Gasteiger partial charge on any atom is 0.124 e. The molecule has 1 aromatic heterocycles. The Kier molecular flexibility index (Phi) is 4.19. The lowest BCUT2D eigenvalue weighted by Crippen LogP contribution is -2.22. The van der Waals surface area contributed by atoms with Crippen molar-refractivity contribution in [1.82, 2.24) is 5.32 Å². The van der Waals surface area contributed by atoms with E-state index in [-0.39, 0.29) is 17.9 Å². The van der Waals surface area contributed by atoms with Gasteiger partial charge in [0.05, 0.1) is 12.3 Å². The molecule has 0 saturated carbocycles. The molecule has 4 heteroatoms. The molecule has 1 N–H and O–H groups in total. The van der Waals surface area contributed by atoms with Gasteiger partial charge in [-0.3, -0.25) is 0 Å². The van der Waals surface area contributed by atoms with Crippen LogP contribution >= 0.6 is 15.9 Å². The molecular formula is C14H15BrFNO. The Morgan fingerprint density at radius 1 is 1.22 bits per heavy atom. The topological polar surface area (TPSA) is 25.2 Å². The number of nitrogens with one attached hydrogen (secondary N) is 1. The van der Waals surface area contributed by atoms with Gasteiger partial charge < -0.3 is 9.73 Å². The molecule has 0 aliphatic heterocycles. The Morgan fingerprint density at radius 2 is 2.00 bits per heavy atom. The Labute approximate surface area is 114 Å². The van der Waals surface area contributed by atoms with Crippen molar-refractivity contribution in [2.45, 2.75) is 25.9 Å². The second kappa shape index (κ2) is 5.67. The first-order valence-corrected chi connectivity index (χ1v) is 6.61. The first-order chi connectivity index (χ1) is 8.58. The summed E-state index contributed by atoms with van der Waals surface area (Å²) < 4.78 is 19.2. The second-order valence-corrected chi connectivity index (χ2v) is 5.15. The van der Waals surface area contributed by atoms with Gasteiger partial charge >= 0.3 is 0 Å². The lowest BCUT2D eigenvalue weighted by molar-refractivity contribution is 0.402. The predicted octanol–water partition coefficient (Wildman–Crippen LogP) is 4.59. The van der Waals surface area contributed by atoms with Gasteiger partial charge in [0.1, 0.15) is 11.6 Å². The predicted molar refractivity (Wildman–Crippen MR) is 72.8 cm³/mol. The molecule has 1 heterocycles. The van der Waals surface area contributed by atoms with Crippen molar-refractivity contribution in [3.63, 3.8) is 0 Å². The second-order valence-electron chi connectivity index (χ2n) is 4.29. The summed E-state index contributed by atoms with van der Waals surface area (Å²) in [4.78, 5) is 0. The fourth-order valence-electron chi connectivity index (χ4n) is 1.94. The van der Waals surface area contributed by atoms with E-state index in [1.165, 1.54) is 12.1 Å². The zero-order valence-electron chi connectivity index (χ0n) is 10.3. The van der Waals surface area contributed by atoms with Crippen LogP contribution in [0.3, 0.4) is 0 Å². The number of hydrogen-bond donors (Lipinski definition) is 1. The number of furan rings is 1. The molecule has 2 aromatic rings. The summed E-state index contributed by atoms with van der Waals surface area (Å²) in [6.07, 6.45) is 1.66. The van der Waals surface area contributed by atoms with Crippen molar-refractivity contribution in [3.05, 3.63) is 58.2 Å². The van der Waals surface area contributed by atoms with E-state index in [0.717, 1.165) is 15.8 Å². The van der Waals surface area contributed by atoms with Crippen molar-refractivity contribution in [2.75, 3.05) is 0 Å². The van der Waals surface area contributed by atoms with Crippen LogP contribution in [0.1, 0.15) is 37.3 Å². The summed E-state index contributed by atoms with van der Waals surface area (Å²) in [7, 11) is 0. The molecule has 0 aliphatic rings. The normalized spacial score (nSPS) is 14.4. The van der Waals surface area contributed by atoms with Gasteiger partial charge in [-0.25, -0.2) is 4.39 Å². The fraction of sp³-hybridized carbons (Fsp3) is 0.286. The minimum atomic E-state index is -0.239. The third-order valence-electron chi connectivity index (χ3n) is 2.90. The van der Waals surface area contributed by atoms with Gasteiger partial charge in [-0.1, -0.05) is 22.0 Å². The van der Waals surface area contributed by atoms with Gasteiger partial charge in [0.2, 0.25) is 0 Å². The van der Waals surface area contributed by atoms with Crippen LogP contribution in [0.15, 0.2) is 45.5 Å². The Balaban J connectivity index is 2.10. The monoisotopic (exact) mass is 311 g/mol. The van der Waals surface area contributed by atoms with Crippen LogP contribution in [0.25, 0.3) is 0 Å². The van der Waals surface area contributed by atoms with Crippen molar-refractivity contribution >= 4 is 15.9 Å². The summed E-state index contributed by atoms with van der Waals surface area (Å²) in [6, 6.07) is 8.73. The molecule has 1 aromatic carbocycles. The molecule has 0 bridgehead atoms. The smallest absolute Gasteiger partial charge is 0.124 e. The first-order valence-electron chi connectivity index (χ1n) is 5.82. The molecule has 0 amide bonds. The Morgan fingerprint density at radius 3 is 2.61 bits per heavy atom. The highest BCUT2D eigenvalue weighted by Crippen LogP contribution is 2.26. The minimum absolute atomic E-state index is 0.0973. The highest BCUT2D eigenvalue weighted by atomic mass is 79.9. The van der Waals surface area contributed by atoms with Gasteiger partial charge in [-0.15, -0.1) is 0 Å². The van der Waals surface area contributed by atoms with Crippen LogP contribution in [0, 0.1) is 5.82 Å². The molecular weight excluding hydrogens is 297 g/mol. The molecule has 0 fully saturated rings. The minimum Gasteiger partial charge on any atom is -0.468 e. The van der Waals surface area contributed by atoms with Crippen molar-refractivity contribution in [3.8, 4) is 0 Å². The number of halogens is 2. The van der Waals surface area contributed by atoms with E-state index in [2.05, 4.69) is 21.2 Å². The fourth-order valence-corrected chi connectivity index (χ4v) is 2.63. The van der Waals surface area contributed by atoms with E-state index in [1.807, 2.05) is 26.0 Å². The molecule has 2 unspecified atom stereocenters. The molecule has 0 spiro atoms. The average molecular weight is 312 g/mol. The molecule has 0 saturated heterocycles. The molecule has 0 aliphatic carbocycles. The quantitative estimate of drug-likeness (QED) is 0.893. The van der Waals surface area contributed by atoms with Gasteiger partial charge in [0.15, 0.2) is 0 Å². The highest BCUT2D eigenvalue weighted by Gasteiger charge is 2.15. The van der Waals surface area contributed by atoms with Gasteiger partial charge in [0.25, 0.3) is 0 Å². The number of benzene rings is 1. The van der Waals surface area contributed by atoms with Crippen LogP contribution in [0.5, 0.6) is 0 Å². The van der Waals surface area contributed by atoms with Crippen molar-refractivity contribution in [1.29, 1.82) is 0 Å². The van der Waals surface area contributed by atoms with Gasteiger partial charge in [-0.2, -0.15) is 0 Å². The van der Waals surface area contributed by atoms with Crippen molar-refractivity contribution < 1.29 is 8.81 Å². The summed E-state index contributed by atoms with van der Waals surface area (Å²) in [5.74, 6) is 0.650. The molecule has 0 radical (unpaired) electrons. The van der Waals surface area contributed by atoms with Crippen LogP contribution in [0.2, 0.25) is 0 Å². The number of rotatable bonds is 4. The summed E-state index contributed by atoms with van der Waals surface area (Å²) in [5.41, 5.74) is 1.02. The van der Waals surface area contributed by atoms with E-state index in [1.54, 1.807) is 12.3 Å². The maximum absolute atomic E-state index is 13.0. The van der Waals surface area contributed by atoms with Crippen LogP contribution < -0.4 is 5.32 Å². The first kappa shape index (κ1) is 13.3. The van der Waals surface area contributed by atoms with Crippen molar-refractivity contribution in [2.24, 2.45) is 0 Å². The van der Waals surface area contributed by atoms with Gasteiger partial charge in [0, 0.05) is 10.5 Å². The zero-order chi connectivity index (χ0) is 13.1. The molecule has 2 nitrogen and oxygen atoms in total. The van der Waals surface area contributed by atoms with E-state index >= 15 is 0 Å². The number of hydrogen-bond acceptors (Lipinski definition) is 2. The lowest BCUT2D eigenvalue weighted by atomic mass is 10.1. The Hall–Kier alpha value is -1.13. The van der Waals surface area contributed by atoms with Gasteiger partial charge in [-0.05, 0) is 43.7 Å². The summed E-state index contributed by atoms with van der Waals surface area (Å²) in [6.45, 7) is 4.07. The molecule has 2 atom stereocenters. The highest BCUT2D eigenvalue weighted by molar-refractivity contribution is 9.10. The lowest BCUT2D eigenvalue weighted by Gasteiger charge is -2.20. The SMILES string of the molecule is CC(NC(C)c1ccc(F)cc1Br)c1ccco1. The molecule has 18 heavy (non-hydrogen) atoms. The van der Waals surface area contributed by atoms with E-state index < -0.39 is 0 Å². The largest absolute Gasteiger partial charge is 0.468 e. The third-order valence-corrected chi connectivity index (χ3v) is 3.59. The molecule has 96 valence electrons. The molecule has 2 rings (SSSR count). The van der Waals surface area contributed by atoms with Crippen LogP contribution in [0.4, 0.5) is 4.39 Å².